The molecule has 1 atom stereocenters. The van der Waals surface area contributed by atoms with E-state index in [0.29, 0.717) is 12.5 Å². The summed E-state index contributed by atoms with van der Waals surface area (Å²) in [6, 6.07) is 6.02. The summed E-state index contributed by atoms with van der Waals surface area (Å²) in [6.07, 6.45) is 1.16. The van der Waals surface area contributed by atoms with Crippen molar-refractivity contribution in [3.63, 3.8) is 0 Å². The standard InChI is InChI=1S/C16H26N2O2.ClH/c1-11(2)7-13(4)20-15-8-12(3)5-6-14(15)10-18-16(19)9-17;/h5-6,8,11,13H,7,9-10,17H2,1-4H3,(H,18,19);1H. The van der Waals surface area contributed by atoms with Crippen LogP contribution in [0.2, 0.25) is 0 Å². The summed E-state index contributed by atoms with van der Waals surface area (Å²) in [5, 5.41) is 2.78. The van der Waals surface area contributed by atoms with Crippen molar-refractivity contribution in [2.75, 3.05) is 6.54 Å². The second-order valence-electron chi connectivity index (χ2n) is 5.65. The van der Waals surface area contributed by atoms with Gasteiger partial charge in [-0.1, -0.05) is 26.0 Å². The fourth-order valence-electron chi connectivity index (χ4n) is 2.11. The summed E-state index contributed by atoms with van der Waals surface area (Å²) in [5.74, 6) is 1.28. The Morgan fingerprint density at radius 2 is 2.00 bits per heavy atom. The van der Waals surface area contributed by atoms with Crippen LogP contribution < -0.4 is 15.8 Å². The van der Waals surface area contributed by atoms with E-state index in [1.807, 2.05) is 25.1 Å². The zero-order valence-electron chi connectivity index (χ0n) is 13.3. The van der Waals surface area contributed by atoms with Crippen LogP contribution in [0.4, 0.5) is 0 Å². The van der Waals surface area contributed by atoms with E-state index >= 15 is 0 Å². The first-order chi connectivity index (χ1) is 9.42. The predicted octanol–water partition coefficient (Wildman–Crippen LogP) is 2.81. The van der Waals surface area contributed by atoms with E-state index in [0.717, 1.165) is 23.3 Å². The van der Waals surface area contributed by atoms with E-state index in [9.17, 15) is 4.79 Å². The molecule has 0 bridgehead atoms. The van der Waals surface area contributed by atoms with Crippen LogP contribution in [-0.2, 0) is 11.3 Å². The van der Waals surface area contributed by atoms with Crippen LogP contribution in [0.15, 0.2) is 18.2 Å². The van der Waals surface area contributed by atoms with Gasteiger partial charge in [-0.2, -0.15) is 0 Å². The lowest BCUT2D eigenvalue weighted by molar-refractivity contribution is -0.119. The summed E-state index contributed by atoms with van der Waals surface area (Å²) in [7, 11) is 0. The third kappa shape index (κ3) is 7.34. The lowest BCUT2D eigenvalue weighted by Gasteiger charge is -2.19. The molecule has 0 spiro atoms. The van der Waals surface area contributed by atoms with Crippen molar-refractivity contribution in [1.82, 2.24) is 5.32 Å². The number of nitrogens with one attached hydrogen (secondary N) is 1. The smallest absolute Gasteiger partial charge is 0.234 e. The van der Waals surface area contributed by atoms with Gasteiger partial charge in [0.15, 0.2) is 0 Å². The van der Waals surface area contributed by atoms with Gasteiger partial charge in [0.05, 0.1) is 12.6 Å². The fourth-order valence-corrected chi connectivity index (χ4v) is 2.11. The normalized spacial score (nSPS) is 11.7. The molecule has 4 nitrogen and oxygen atoms in total. The minimum atomic E-state index is -0.160. The van der Waals surface area contributed by atoms with E-state index in [1.165, 1.54) is 0 Å². The highest BCUT2D eigenvalue weighted by atomic mass is 35.5. The molecule has 0 aliphatic rings. The SMILES string of the molecule is Cc1ccc(CNC(=O)CN)c(OC(C)CC(C)C)c1.Cl. The van der Waals surface area contributed by atoms with Crippen molar-refractivity contribution in [2.24, 2.45) is 11.7 Å². The number of hydrogen-bond acceptors (Lipinski definition) is 3. The van der Waals surface area contributed by atoms with Gasteiger partial charge >= 0.3 is 0 Å². The molecule has 1 amide bonds. The topological polar surface area (TPSA) is 64.4 Å². The number of aryl methyl sites for hydroxylation is 1. The second kappa shape index (κ2) is 9.64. The van der Waals surface area contributed by atoms with Crippen molar-refractivity contribution in [2.45, 2.75) is 46.8 Å². The lowest BCUT2D eigenvalue weighted by Crippen LogP contribution is -2.30. The molecule has 0 aliphatic carbocycles. The largest absolute Gasteiger partial charge is 0.490 e. The van der Waals surface area contributed by atoms with E-state index in [4.69, 9.17) is 10.5 Å². The summed E-state index contributed by atoms with van der Waals surface area (Å²) in [6.45, 7) is 8.91. The summed E-state index contributed by atoms with van der Waals surface area (Å²) in [5.41, 5.74) is 7.41. The van der Waals surface area contributed by atoms with Crippen molar-refractivity contribution < 1.29 is 9.53 Å². The molecule has 1 aromatic carbocycles. The number of ether oxygens (including phenoxy) is 1. The van der Waals surface area contributed by atoms with Gasteiger partial charge in [-0.3, -0.25) is 4.79 Å². The minimum absolute atomic E-state index is 0. The van der Waals surface area contributed by atoms with Gasteiger partial charge in [0.25, 0.3) is 0 Å². The molecule has 0 aliphatic heterocycles. The molecular formula is C16H27ClN2O2. The summed E-state index contributed by atoms with van der Waals surface area (Å²) < 4.78 is 6.02. The predicted molar refractivity (Wildman–Crippen MR) is 88.9 cm³/mol. The monoisotopic (exact) mass is 314 g/mol. The first kappa shape index (κ1) is 19.7. The summed E-state index contributed by atoms with van der Waals surface area (Å²) in [4.78, 5) is 11.3. The van der Waals surface area contributed by atoms with Crippen LogP contribution in [-0.4, -0.2) is 18.6 Å². The van der Waals surface area contributed by atoms with Crippen LogP contribution in [0.5, 0.6) is 5.75 Å². The highest BCUT2D eigenvalue weighted by Gasteiger charge is 2.11. The van der Waals surface area contributed by atoms with Gasteiger partial charge in [0.1, 0.15) is 5.75 Å². The molecule has 21 heavy (non-hydrogen) atoms. The molecule has 1 rings (SSSR count). The molecular weight excluding hydrogens is 288 g/mol. The fraction of sp³-hybridized carbons (Fsp3) is 0.562. The van der Waals surface area contributed by atoms with Crippen molar-refractivity contribution in [3.8, 4) is 5.75 Å². The second-order valence-corrected chi connectivity index (χ2v) is 5.65. The van der Waals surface area contributed by atoms with Crippen LogP contribution >= 0.6 is 12.4 Å². The molecule has 0 aromatic heterocycles. The number of nitrogens with two attached hydrogens (primary N) is 1. The number of amides is 1. The maximum atomic E-state index is 11.3. The van der Waals surface area contributed by atoms with Crippen molar-refractivity contribution in [3.05, 3.63) is 29.3 Å². The average molecular weight is 315 g/mol. The number of benzene rings is 1. The molecule has 0 heterocycles. The minimum Gasteiger partial charge on any atom is -0.490 e. The first-order valence-corrected chi connectivity index (χ1v) is 7.15. The Morgan fingerprint density at radius 1 is 1.33 bits per heavy atom. The summed E-state index contributed by atoms with van der Waals surface area (Å²) >= 11 is 0. The molecule has 0 fully saturated rings. The Balaban J connectivity index is 0.00000400. The number of carbonyl (C=O) groups is 1. The van der Waals surface area contributed by atoms with E-state index in [1.54, 1.807) is 0 Å². The third-order valence-electron chi connectivity index (χ3n) is 3.02. The van der Waals surface area contributed by atoms with E-state index < -0.39 is 0 Å². The first-order valence-electron chi connectivity index (χ1n) is 7.15. The highest BCUT2D eigenvalue weighted by Crippen LogP contribution is 2.23. The Hall–Kier alpha value is -1.26. The molecule has 3 N–H and O–H groups in total. The number of hydrogen-bond donors (Lipinski definition) is 2. The molecule has 120 valence electrons. The number of rotatable bonds is 7. The Labute approximate surface area is 133 Å². The van der Waals surface area contributed by atoms with Crippen LogP contribution in [0.1, 0.15) is 38.3 Å². The molecule has 1 aromatic rings. The maximum absolute atomic E-state index is 11.3. The molecule has 0 radical (unpaired) electrons. The average Bonchev–Trinajstić information content (AvgIpc) is 2.36. The lowest BCUT2D eigenvalue weighted by atomic mass is 10.1. The zero-order chi connectivity index (χ0) is 15.1. The highest BCUT2D eigenvalue weighted by molar-refractivity contribution is 5.85. The van der Waals surface area contributed by atoms with Crippen LogP contribution in [0.3, 0.4) is 0 Å². The van der Waals surface area contributed by atoms with Gasteiger partial charge < -0.3 is 15.8 Å². The molecule has 0 saturated carbocycles. The van der Waals surface area contributed by atoms with E-state index in [-0.39, 0.29) is 31.0 Å². The Kier molecular flexibility index (Phi) is 9.06. The molecule has 0 saturated heterocycles. The van der Waals surface area contributed by atoms with Crippen molar-refractivity contribution in [1.29, 1.82) is 0 Å². The Bertz CT molecular complexity index is 450. The van der Waals surface area contributed by atoms with Crippen LogP contribution in [0, 0.1) is 12.8 Å². The molecule has 1 unspecified atom stereocenters. The van der Waals surface area contributed by atoms with Crippen LogP contribution in [0.25, 0.3) is 0 Å². The van der Waals surface area contributed by atoms with Gasteiger partial charge in [0.2, 0.25) is 5.91 Å². The quantitative estimate of drug-likeness (QED) is 0.813. The van der Waals surface area contributed by atoms with Gasteiger partial charge in [-0.05, 0) is 37.8 Å². The number of halogens is 1. The zero-order valence-corrected chi connectivity index (χ0v) is 14.1. The van der Waals surface area contributed by atoms with E-state index in [2.05, 4.69) is 26.1 Å². The van der Waals surface area contributed by atoms with Gasteiger partial charge in [-0.25, -0.2) is 0 Å². The third-order valence-corrected chi connectivity index (χ3v) is 3.02. The van der Waals surface area contributed by atoms with Crippen molar-refractivity contribution >= 4 is 18.3 Å². The Morgan fingerprint density at radius 3 is 2.57 bits per heavy atom. The number of carbonyl (C=O) groups excluding carboxylic acids is 1. The molecule has 5 heteroatoms. The van der Waals surface area contributed by atoms with Gasteiger partial charge in [0, 0.05) is 12.1 Å². The maximum Gasteiger partial charge on any atom is 0.234 e. The van der Waals surface area contributed by atoms with Gasteiger partial charge in [-0.15, -0.1) is 12.4 Å².